The summed E-state index contributed by atoms with van der Waals surface area (Å²) >= 11 is 0. The van der Waals surface area contributed by atoms with Crippen molar-refractivity contribution in [2.24, 2.45) is 0 Å². The minimum atomic E-state index is -4.20. The van der Waals surface area contributed by atoms with Gasteiger partial charge in [-0.25, -0.2) is 27.8 Å². The number of aryl methyl sites for hydroxylation is 3. The van der Waals surface area contributed by atoms with Gasteiger partial charge in [-0.05, 0) is 56.5 Å². The lowest BCUT2D eigenvalue weighted by Crippen LogP contribution is -2.44. The Morgan fingerprint density at radius 2 is 1.86 bits per heavy atom. The molecule has 36 heavy (non-hydrogen) atoms. The van der Waals surface area contributed by atoms with Gasteiger partial charge < -0.3 is 0 Å². The second kappa shape index (κ2) is 10.2. The topological polar surface area (TPSA) is 130 Å². The first-order valence-electron chi connectivity index (χ1n) is 11.4. The van der Waals surface area contributed by atoms with Gasteiger partial charge in [-0.1, -0.05) is 0 Å². The van der Waals surface area contributed by atoms with Crippen LogP contribution >= 0.6 is 0 Å². The molecule has 0 bridgehead atoms. The van der Waals surface area contributed by atoms with Crippen LogP contribution in [0, 0.1) is 25.2 Å². The summed E-state index contributed by atoms with van der Waals surface area (Å²) in [6.07, 6.45) is 4.83. The number of halogens is 1. The van der Waals surface area contributed by atoms with E-state index in [2.05, 4.69) is 19.9 Å². The van der Waals surface area contributed by atoms with Gasteiger partial charge in [-0.2, -0.15) is 9.57 Å². The van der Waals surface area contributed by atoms with Crippen LogP contribution in [0.25, 0.3) is 11.3 Å². The van der Waals surface area contributed by atoms with Crippen molar-refractivity contribution in [1.29, 1.82) is 5.26 Å². The van der Waals surface area contributed by atoms with E-state index in [4.69, 9.17) is 5.26 Å². The van der Waals surface area contributed by atoms with Crippen LogP contribution in [0.3, 0.4) is 0 Å². The molecule has 4 rings (SSSR count). The van der Waals surface area contributed by atoms with Crippen molar-refractivity contribution in [1.82, 2.24) is 24.2 Å². The summed E-state index contributed by atoms with van der Waals surface area (Å²) in [5.41, 5.74) is 3.23. The Morgan fingerprint density at radius 1 is 1.14 bits per heavy atom. The fraction of sp³-hybridized carbons (Fsp3) is 0.360. The van der Waals surface area contributed by atoms with Gasteiger partial charge in [-0.3, -0.25) is 9.78 Å². The van der Waals surface area contributed by atoms with E-state index < -0.39 is 28.3 Å². The third-order valence-corrected chi connectivity index (χ3v) is 8.39. The van der Waals surface area contributed by atoms with Crippen molar-refractivity contribution in [3.05, 3.63) is 65.6 Å². The largest absolute Gasteiger partial charge is 0.298 e. The van der Waals surface area contributed by atoms with Crippen LogP contribution in [-0.4, -0.2) is 56.7 Å². The van der Waals surface area contributed by atoms with E-state index in [1.54, 1.807) is 25.5 Å². The lowest BCUT2D eigenvalue weighted by Gasteiger charge is -2.26. The zero-order valence-electron chi connectivity index (χ0n) is 20.1. The van der Waals surface area contributed by atoms with Gasteiger partial charge in [0.1, 0.15) is 28.7 Å². The maximum Gasteiger partial charge on any atom is 0.245 e. The molecule has 9 nitrogen and oxygen atoms in total. The number of nitrogens with zero attached hydrogens (tertiary/aromatic N) is 6. The van der Waals surface area contributed by atoms with E-state index in [0.717, 1.165) is 27.2 Å². The van der Waals surface area contributed by atoms with E-state index in [9.17, 15) is 17.6 Å². The maximum atomic E-state index is 14.7. The number of pyridine rings is 2. The van der Waals surface area contributed by atoms with Gasteiger partial charge in [0.2, 0.25) is 10.0 Å². The first-order valence-corrected chi connectivity index (χ1v) is 12.9. The molecule has 0 unspecified atom stereocenters. The summed E-state index contributed by atoms with van der Waals surface area (Å²) < 4.78 is 42.3. The molecule has 0 saturated carbocycles. The van der Waals surface area contributed by atoms with Crippen LogP contribution in [-0.2, 0) is 21.2 Å². The smallest absolute Gasteiger partial charge is 0.245 e. The normalized spacial score (nSPS) is 20.2. The quantitative estimate of drug-likeness (QED) is 0.476. The fourth-order valence-electron chi connectivity index (χ4n) is 4.28. The van der Waals surface area contributed by atoms with Crippen LogP contribution < -0.4 is 0 Å². The number of carbonyl (C=O) groups excluding carboxylic acids is 1. The first-order chi connectivity index (χ1) is 17.1. The molecule has 0 aromatic carbocycles. The number of hydrogen-bond acceptors (Lipinski definition) is 8. The van der Waals surface area contributed by atoms with Crippen molar-refractivity contribution < 1.29 is 17.6 Å². The van der Waals surface area contributed by atoms with Crippen LogP contribution in [0.4, 0.5) is 4.39 Å². The van der Waals surface area contributed by atoms with Crippen LogP contribution in [0.5, 0.6) is 0 Å². The monoisotopic (exact) mass is 508 g/mol. The highest BCUT2D eigenvalue weighted by atomic mass is 32.2. The molecular weight excluding hydrogens is 483 g/mol. The molecule has 3 atom stereocenters. The van der Waals surface area contributed by atoms with Crippen LogP contribution in [0.1, 0.15) is 42.4 Å². The lowest BCUT2D eigenvalue weighted by atomic mass is 9.99. The SMILES string of the molecule is Cc1ncc(-c2cc(CCC(=O)[C@@H]3C[C@@H](F)[C@H](C)N3S(=O)(=O)c3ccc(C#N)nc3)c(C)cn2)cn1. The molecular formula is C25H25FN6O3S. The predicted octanol–water partition coefficient (Wildman–Crippen LogP) is 3.11. The molecule has 4 heterocycles. The van der Waals surface area contributed by atoms with Crippen molar-refractivity contribution >= 4 is 15.8 Å². The van der Waals surface area contributed by atoms with Crippen molar-refractivity contribution in [3.8, 4) is 17.3 Å². The Balaban J connectivity index is 1.55. The summed E-state index contributed by atoms with van der Waals surface area (Å²) in [5.74, 6) is 0.286. The minimum absolute atomic E-state index is 0.0381. The average Bonchev–Trinajstić information content (AvgIpc) is 3.18. The van der Waals surface area contributed by atoms with Crippen molar-refractivity contribution in [3.63, 3.8) is 0 Å². The Bertz CT molecular complexity index is 1420. The van der Waals surface area contributed by atoms with Crippen molar-refractivity contribution in [2.75, 3.05) is 0 Å². The van der Waals surface area contributed by atoms with E-state index >= 15 is 0 Å². The van der Waals surface area contributed by atoms with Crippen molar-refractivity contribution in [2.45, 2.75) is 63.2 Å². The molecule has 1 fully saturated rings. The van der Waals surface area contributed by atoms with E-state index in [1.807, 2.05) is 19.1 Å². The second-order valence-corrected chi connectivity index (χ2v) is 10.7. The standard InChI is InChI=1S/C25H25FN6O3S/c1-15-11-31-23(19-12-28-17(3)29-13-19)8-18(15)4-7-25(33)24-9-22(26)16(2)32(24)36(34,35)21-6-5-20(10-27)30-14-21/h5-6,8,11-14,16,22,24H,4,7,9H2,1-3H3/t16-,22+,24-/m0/s1. The zero-order chi connectivity index (χ0) is 26.0. The number of ketones is 1. The molecule has 3 aromatic rings. The lowest BCUT2D eigenvalue weighted by molar-refractivity contribution is -0.122. The summed E-state index contributed by atoms with van der Waals surface area (Å²) in [5, 5.41) is 8.92. The number of sulfonamides is 1. The summed E-state index contributed by atoms with van der Waals surface area (Å²) in [6.45, 7) is 5.12. The van der Waals surface area contributed by atoms with Gasteiger partial charge in [0, 0.05) is 43.2 Å². The maximum absolute atomic E-state index is 14.7. The van der Waals surface area contributed by atoms with Gasteiger partial charge in [0.05, 0.1) is 17.8 Å². The number of rotatable bonds is 7. The highest BCUT2D eigenvalue weighted by molar-refractivity contribution is 7.89. The third kappa shape index (κ3) is 5.01. The number of Topliss-reactive ketones (excluding diaryl/α,β-unsaturated/α-hetero) is 1. The van der Waals surface area contributed by atoms with E-state index in [1.165, 1.54) is 19.1 Å². The molecule has 0 spiro atoms. The molecule has 0 N–H and O–H groups in total. The van der Waals surface area contributed by atoms with Crippen LogP contribution in [0.2, 0.25) is 0 Å². The molecule has 1 saturated heterocycles. The third-order valence-electron chi connectivity index (χ3n) is 6.41. The first kappa shape index (κ1) is 25.5. The van der Waals surface area contributed by atoms with Gasteiger partial charge in [-0.15, -0.1) is 0 Å². The molecule has 0 amide bonds. The highest BCUT2D eigenvalue weighted by Gasteiger charge is 2.48. The predicted molar refractivity (Wildman–Crippen MR) is 129 cm³/mol. The van der Waals surface area contributed by atoms with Gasteiger partial charge in [0.15, 0.2) is 5.78 Å². The molecule has 1 aliphatic rings. The average molecular weight is 509 g/mol. The number of aromatic nitrogens is 4. The number of hydrogen-bond donors (Lipinski definition) is 0. The second-order valence-electron chi connectivity index (χ2n) is 8.82. The minimum Gasteiger partial charge on any atom is -0.298 e. The Morgan fingerprint density at radius 3 is 2.50 bits per heavy atom. The Labute approximate surface area is 209 Å². The number of nitriles is 1. The Hall–Kier alpha value is -3.62. The fourth-order valence-corrected chi connectivity index (χ4v) is 6.06. The van der Waals surface area contributed by atoms with E-state index in [0.29, 0.717) is 17.9 Å². The number of carbonyl (C=O) groups is 1. The summed E-state index contributed by atoms with van der Waals surface area (Å²) in [4.78, 5) is 29.7. The summed E-state index contributed by atoms with van der Waals surface area (Å²) in [6, 6.07) is 4.09. The highest BCUT2D eigenvalue weighted by Crippen LogP contribution is 2.34. The molecule has 11 heteroatoms. The molecule has 3 aromatic heterocycles. The molecule has 1 aliphatic heterocycles. The summed E-state index contributed by atoms with van der Waals surface area (Å²) in [7, 11) is -4.20. The molecule has 0 aliphatic carbocycles. The zero-order valence-corrected chi connectivity index (χ0v) is 20.9. The molecule has 0 radical (unpaired) electrons. The Kier molecular flexibility index (Phi) is 7.19. The van der Waals surface area contributed by atoms with Crippen LogP contribution in [0.15, 0.2) is 47.9 Å². The van der Waals surface area contributed by atoms with E-state index in [-0.39, 0.29) is 29.2 Å². The molecule has 186 valence electrons. The van der Waals surface area contributed by atoms with Gasteiger partial charge in [0.25, 0.3) is 0 Å². The number of alkyl halides is 1. The van der Waals surface area contributed by atoms with Gasteiger partial charge >= 0.3 is 0 Å².